The molecule has 0 atom stereocenters. The zero-order valence-corrected chi connectivity index (χ0v) is 13.8. The number of rotatable bonds is 7. The van der Waals surface area contributed by atoms with Crippen molar-refractivity contribution in [3.8, 4) is 5.75 Å². The molecule has 2 aromatic rings. The van der Waals surface area contributed by atoms with Gasteiger partial charge in [-0.05, 0) is 43.0 Å². The summed E-state index contributed by atoms with van der Waals surface area (Å²) in [6.07, 6.45) is 7.09. The third-order valence-corrected chi connectivity index (χ3v) is 4.28. The second kappa shape index (κ2) is 7.86. The highest BCUT2D eigenvalue weighted by atomic mass is 16.5. The van der Waals surface area contributed by atoms with E-state index in [1.54, 1.807) is 12.1 Å². The highest BCUT2D eigenvalue weighted by Gasteiger charge is 2.19. The molecule has 4 heteroatoms. The van der Waals surface area contributed by atoms with Crippen LogP contribution in [-0.2, 0) is 13.0 Å². The minimum Gasteiger partial charge on any atom is -0.485 e. The van der Waals surface area contributed by atoms with Gasteiger partial charge in [0, 0.05) is 6.04 Å². The molecule has 1 fully saturated rings. The van der Waals surface area contributed by atoms with Gasteiger partial charge in [-0.1, -0.05) is 37.1 Å². The van der Waals surface area contributed by atoms with Gasteiger partial charge in [0.2, 0.25) is 0 Å². The second-order valence-electron chi connectivity index (χ2n) is 6.11. The fourth-order valence-corrected chi connectivity index (χ4v) is 3.02. The molecule has 1 aliphatic carbocycles. The second-order valence-corrected chi connectivity index (χ2v) is 6.11. The largest absolute Gasteiger partial charge is 0.485 e. The van der Waals surface area contributed by atoms with Crippen LogP contribution in [0.25, 0.3) is 0 Å². The summed E-state index contributed by atoms with van der Waals surface area (Å²) in [5, 5.41) is 3.02. The molecule has 0 spiro atoms. The predicted molar refractivity (Wildman–Crippen MR) is 93.1 cm³/mol. The Morgan fingerprint density at radius 3 is 2.83 bits per heavy atom. The molecule has 1 amide bonds. The lowest BCUT2D eigenvalue weighted by atomic mass is 10.1. The number of hydrogen-bond acceptors (Lipinski definition) is 3. The van der Waals surface area contributed by atoms with Gasteiger partial charge in [0.25, 0.3) is 5.91 Å². The van der Waals surface area contributed by atoms with Crippen LogP contribution in [0.4, 0.5) is 0 Å². The number of para-hydroxylation sites is 1. The van der Waals surface area contributed by atoms with Gasteiger partial charge >= 0.3 is 0 Å². The van der Waals surface area contributed by atoms with Crippen LogP contribution in [0.1, 0.15) is 47.6 Å². The number of nitrogens with one attached hydrogen (secondary N) is 1. The van der Waals surface area contributed by atoms with E-state index in [4.69, 9.17) is 9.15 Å². The van der Waals surface area contributed by atoms with Crippen LogP contribution in [0.5, 0.6) is 5.75 Å². The molecule has 1 saturated carbocycles. The minimum atomic E-state index is -0.139. The Balaban J connectivity index is 1.58. The summed E-state index contributed by atoms with van der Waals surface area (Å²) >= 11 is 0. The summed E-state index contributed by atoms with van der Waals surface area (Å²) in [4.78, 5) is 12.2. The molecule has 0 radical (unpaired) electrons. The average Bonchev–Trinajstić information content (AvgIpc) is 3.26. The van der Waals surface area contributed by atoms with Crippen molar-refractivity contribution < 1.29 is 13.9 Å². The SMILES string of the molecule is C=CCc1ccccc1OCc1ccc(C(=O)NC2CCCC2)o1. The maximum absolute atomic E-state index is 12.2. The van der Waals surface area contributed by atoms with E-state index < -0.39 is 0 Å². The van der Waals surface area contributed by atoms with Crippen molar-refractivity contribution in [2.45, 2.75) is 44.8 Å². The number of hydrogen-bond donors (Lipinski definition) is 1. The number of amides is 1. The third-order valence-electron chi connectivity index (χ3n) is 4.28. The van der Waals surface area contributed by atoms with Crippen molar-refractivity contribution >= 4 is 5.91 Å². The number of carbonyl (C=O) groups excluding carboxylic acids is 1. The van der Waals surface area contributed by atoms with Gasteiger partial charge in [0.1, 0.15) is 18.1 Å². The van der Waals surface area contributed by atoms with Crippen LogP contribution < -0.4 is 10.1 Å². The summed E-state index contributed by atoms with van der Waals surface area (Å²) in [6, 6.07) is 11.6. The molecule has 0 saturated heterocycles. The third kappa shape index (κ3) is 4.07. The number of allylic oxidation sites excluding steroid dienone is 1. The molecule has 1 N–H and O–H groups in total. The van der Waals surface area contributed by atoms with Crippen LogP contribution in [0.2, 0.25) is 0 Å². The molecule has 1 heterocycles. The standard InChI is InChI=1S/C20H23NO3/c1-2-7-15-8-3-6-11-18(15)23-14-17-12-13-19(24-17)20(22)21-16-9-4-5-10-16/h2-3,6,8,11-13,16H,1,4-5,7,9-10,14H2,(H,21,22). The molecular formula is C20H23NO3. The summed E-state index contributed by atoms with van der Waals surface area (Å²) in [7, 11) is 0. The lowest BCUT2D eigenvalue weighted by Gasteiger charge is -2.10. The van der Waals surface area contributed by atoms with Gasteiger partial charge in [-0.2, -0.15) is 0 Å². The van der Waals surface area contributed by atoms with Crippen LogP contribution in [0.15, 0.2) is 53.5 Å². The van der Waals surface area contributed by atoms with Gasteiger partial charge in [-0.25, -0.2) is 0 Å². The average molecular weight is 325 g/mol. The molecule has 1 aliphatic rings. The van der Waals surface area contributed by atoms with E-state index in [1.807, 2.05) is 30.3 Å². The van der Waals surface area contributed by atoms with E-state index >= 15 is 0 Å². The van der Waals surface area contributed by atoms with Crippen LogP contribution in [-0.4, -0.2) is 11.9 Å². The van der Waals surface area contributed by atoms with Gasteiger partial charge in [0.15, 0.2) is 5.76 Å². The molecule has 126 valence electrons. The Hall–Kier alpha value is -2.49. The van der Waals surface area contributed by atoms with E-state index in [0.717, 1.165) is 30.6 Å². The van der Waals surface area contributed by atoms with E-state index in [9.17, 15) is 4.79 Å². The van der Waals surface area contributed by atoms with Gasteiger partial charge in [-0.3, -0.25) is 4.79 Å². The number of carbonyl (C=O) groups is 1. The zero-order valence-electron chi connectivity index (χ0n) is 13.8. The fourth-order valence-electron chi connectivity index (χ4n) is 3.02. The lowest BCUT2D eigenvalue weighted by molar-refractivity contribution is 0.0905. The Labute approximate surface area is 142 Å². The normalized spacial score (nSPS) is 14.5. The van der Waals surface area contributed by atoms with Gasteiger partial charge in [-0.15, -0.1) is 6.58 Å². The first-order chi connectivity index (χ1) is 11.8. The molecule has 0 aliphatic heterocycles. The maximum Gasteiger partial charge on any atom is 0.287 e. The smallest absolute Gasteiger partial charge is 0.287 e. The summed E-state index contributed by atoms with van der Waals surface area (Å²) in [5.41, 5.74) is 1.08. The Morgan fingerprint density at radius 1 is 1.25 bits per heavy atom. The molecule has 24 heavy (non-hydrogen) atoms. The lowest BCUT2D eigenvalue weighted by Crippen LogP contribution is -2.32. The molecule has 0 bridgehead atoms. The van der Waals surface area contributed by atoms with Crippen molar-refractivity contribution in [3.63, 3.8) is 0 Å². The van der Waals surface area contributed by atoms with Crippen molar-refractivity contribution in [3.05, 3.63) is 66.1 Å². The van der Waals surface area contributed by atoms with E-state index in [1.165, 1.54) is 12.8 Å². The molecule has 4 nitrogen and oxygen atoms in total. The van der Waals surface area contributed by atoms with Gasteiger partial charge < -0.3 is 14.5 Å². The van der Waals surface area contributed by atoms with E-state index in [-0.39, 0.29) is 11.9 Å². The summed E-state index contributed by atoms with van der Waals surface area (Å²) in [5.74, 6) is 1.66. The molecule has 3 rings (SSSR count). The Bertz CT molecular complexity index is 698. The van der Waals surface area contributed by atoms with Crippen molar-refractivity contribution in [2.24, 2.45) is 0 Å². The van der Waals surface area contributed by atoms with Crippen molar-refractivity contribution in [1.29, 1.82) is 0 Å². The highest BCUT2D eigenvalue weighted by Crippen LogP contribution is 2.21. The topological polar surface area (TPSA) is 51.5 Å². The monoisotopic (exact) mass is 325 g/mol. The van der Waals surface area contributed by atoms with Crippen molar-refractivity contribution in [2.75, 3.05) is 0 Å². The number of furan rings is 1. The fraction of sp³-hybridized carbons (Fsp3) is 0.350. The number of benzene rings is 1. The predicted octanol–water partition coefficient (Wildman–Crippen LogP) is 4.26. The molecule has 1 aromatic carbocycles. The van der Waals surface area contributed by atoms with Gasteiger partial charge in [0.05, 0.1) is 0 Å². The first-order valence-corrected chi connectivity index (χ1v) is 8.47. The minimum absolute atomic E-state index is 0.139. The zero-order chi connectivity index (χ0) is 16.8. The van der Waals surface area contributed by atoms with Crippen LogP contribution in [0, 0.1) is 0 Å². The Morgan fingerprint density at radius 2 is 2.04 bits per heavy atom. The highest BCUT2D eigenvalue weighted by molar-refractivity contribution is 5.91. The van der Waals surface area contributed by atoms with Crippen LogP contribution >= 0.6 is 0 Å². The Kier molecular flexibility index (Phi) is 5.36. The number of ether oxygens (including phenoxy) is 1. The van der Waals surface area contributed by atoms with Crippen LogP contribution in [0.3, 0.4) is 0 Å². The molecular weight excluding hydrogens is 302 g/mol. The van der Waals surface area contributed by atoms with Crippen molar-refractivity contribution in [1.82, 2.24) is 5.32 Å². The van der Waals surface area contributed by atoms with E-state index in [0.29, 0.717) is 18.1 Å². The molecule has 1 aromatic heterocycles. The quantitative estimate of drug-likeness (QED) is 0.774. The summed E-state index contributed by atoms with van der Waals surface area (Å²) in [6.45, 7) is 4.06. The summed E-state index contributed by atoms with van der Waals surface area (Å²) < 4.78 is 11.4. The maximum atomic E-state index is 12.2. The molecule has 0 unspecified atom stereocenters. The first-order valence-electron chi connectivity index (χ1n) is 8.47. The first kappa shape index (κ1) is 16.4. The van der Waals surface area contributed by atoms with E-state index in [2.05, 4.69) is 11.9 Å².